The van der Waals surface area contributed by atoms with Gasteiger partial charge in [0.2, 0.25) is 0 Å². The number of allylic oxidation sites excluding steroid dienone is 2. The second kappa shape index (κ2) is 5.39. The van der Waals surface area contributed by atoms with E-state index in [4.69, 9.17) is 0 Å². The second-order valence-corrected chi connectivity index (χ2v) is 6.08. The Morgan fingerprint density at radius 2 is 2.12 bits per heavy atom. The maximum atomic E-state index is 9.54. The second-order valence-electron chi connectivity index (χ2n) is 6.08. The minimum atomic E-state index is 0.288. The molecule has 1 N–H and O–H groups in total. The lowest BCUT2D eigenvalue weighted by molar-refractivity contribution is 0.306. The molecule has 96 valence electrons. The highest BCUT2D eigenvalue weighted by Gasteiger charge is 2.33. The van der Waals surface area contributed by atoms with E-state index in [1.54, 1.807) is 5.57 Å². The third kappa shape index (κ3) is 2.65. The van der Waals surface area contributed by atoms with Crippen molar-refractivity contribution in [2.75, 3.05) is 6.61 Å². The van der Waals surface area contributed by atoms with Crippen molar-refractivity contribution in [3.05, 3.63) is 23.3 Å². The molecule has 0 bridgehead atoms. The maximum absolute atomic E-state index is 9.54. The fourth-order valence-corrected chi connectivity index (χ4v) is 3.70. The zero-order valence-electron chi connectivity index (χ0n) is 11.3. The van der Waals surface area contributed by atoms with Gasteiger partial charge < -0.3 is 5.11 Å². The Hall–Kier alpha value is -0.560. The monoisotopic (exact) mass is 234 g/mol. The molecule has 0 saturated heterocycles. The zero-order chi connectivity index (χ0) is 12.4. The van der Waals surface area contributed by atoms with Crippen LogP contribution in [0.5, 0.6) is 0 Å². The number of aliphatic hydroxyl groups is 1. The van der Waals surface area contributed by atoms with E-state index in [2.05, 4.69) is 20.4 Å². The molecule has 0 radical (unpaired) electrons. The van der Waals surface area contributed by atoms with E-state index < -0.39 is 0 Å². The predicted octanol–water partition coefficient (Wildman–Crippen LogP) is 4.09. The maximum Gasteiger partial charge on any atom is 0.0644 e. The minimum absolute atomic E-state index is 0.288. The van der Waals surface area contributed by atoms with Gasteiger partial charge in [0.15, 0.2) is 0 Å². The van der Waals surface area contributed by atoms with Gasteiger partial charge in [0.25, 0.3) is 0 Å². The molecule has 1 fully saturated rings. The van der Waals surface area contributed by atoms with E-state index >= 15 is 0 Å². The average molecular weight is 234 g/mol. The van der Waals surface area contributed by atoms with Gasteiger partial charge in [0, 0.05) is 0 Å². The van der Waals surface area contributed by atoms with Crippen molar-refractivity contribution in [1.82, 2.24) is 0 Å². The van der Waals surface area contributed by atoms with Crippen LogP contribution in [0.2, 0.25) is 0 Å². The lowest BCUT2D eigenvalue weighted by Gasteiger charge is -2.29. The molecule has 2 rings (SSSR count). The smallest absolute Gasteiger partial charge is 0.0644 e. The van der Waals surface area contributed by atoms with E-state index in [0.717, 1.165) is 18.3 Å². The van der Waals surface area contributed by atoms with Crippen LogP contribution in [-0.2, 0) is 0 Å². The van der Waals surface area contributed by atoms with Crippen molar-refractivity contribution >= 4 is 0 Å². The summed E-state index contributed by atoms with van der Waals surface area (Å²) < 4.78 is 0. The fraction of sp³-hybridized carbons (Fsp3) is 0.750. The normalized spacial score (nSPS) is 38.4. The van der Waals surface area contributed by atoms with Crippen LogP contribution in [0.1, 0.15) is 52.4 Å². The molecular weight excluding hydrogens is 208 g/mol. The first-order chi connectivity index (χ1) is 8.13. The third-order valence-electron chi connectivity index (χ3n) is 4.91. The van der Waals surface area contributed by atoms with Gasteiger partial charge in [-0.1, -0.05) is 24.6 Å². The van der Waals surface area contributed by atoms with Crippen LogP contribution in [0, 0.1) is 17.8 Å². The quantitative estimate of drug-likeness (QED) is 0.714. The highest BCUT2D eigenvalue weighted by molar-refractivity contribution is 5.23. The Morgan fingerprint density at radius 3 is 2.76 bits per heavy atom. The zero-order valence-corrected chi connectivity index (χ0v) is 11.3. The van der Waals surface area contributed by atoms with Gasteiger partial charge in [-0.25, -0.2) is 0 Å². The first-order valence-corrected chi connectivity index (χ1v) is 7.10. The van der Waals surface area contributed by atoms with Crippen LogP contribution in [0.15, 0.2) is 23.3 Å². The molecule has 2 aliphatic rings. The lowest BCUT2D eigenvalue weighted by atomic mass is 9.77. The van der Waals surface area contributed by atoms with Crippen molar-refractivity contribution in [2.45, 2.75) is 52.4 Å². The largest absolute Gasteiger partial charge is 0.392 e. The Balaban J connectivity index is 2.25. The highest BCUT2D eigenvalue weighted by atomic mass is 16.3. The Morgan fingerprint density at radius 1 is 1.35 bits per heavy atom. The summed E-state index contributed by atoms with van der Waals surface area (Å²) in [7, 11) is 0. The Bertz CT molecular complexity index is 326. The molecule has 17 heavy (non-hydrogen) atoms. The van der Waals surface area contributed by atoms with Crippen LogP contribution in [0.4, 0.5) is 0 Å². The molecule has 2 aliphatic carbocycles. The summed E-state index contributed by atoms with van der Waals surface area (Å²) in [6.45, 7) is 9.01. The van der Waals surface area contributed by atoms with Crippen molar-refractivity contribution in [3.8, 4) is 0 Å². The molecule has 1 saturated carbocycles. The van der Waals surface area contributed by atoms with Crippen LogP contribution < -0.4 is 0 Å². The Labute approximate surface area is 106 Å². The molecule has 1 heteroatoms. The van der Waals surface area contributed by atoms with Gasteiger partial charge in [0.1, 0.15) is 0 Å². The number of aliphatic hydroxyl groups excluding tert-OH is 1. The molecule has 0 amide bonds. The minimum Gasteiger partial charge on any atom is -0.392 e. The van der Waals surface area contributed by atoms with E-state index in [1.807, 2.05) is 0 Å². The van der Waals surface area contributed by atoms with Gasteiger partial charge in [-0.15, -0.1) is 0 Å². The molecular formula is C16H26O. The first kappa shape index (κ1) is 12.9. The first-order valence-electron chi connectivity index (χ1n) is 7.10. The number of hydrogen-bond donors (Lipinski definition) is 1. The summed E-state index contributed by atoms with van der Waals surface area (Å²) in [6.07, 6.45) is 7.40. The molecule has 0 aliphatic heterocycles. The number of hydrogen-bond acceptors (Lipinski definition) is 1. The van der Waals surface area contributed by atoms with E-state index in [1.165, 1.54) is 43.3 Å². The van der Waals surface area contributed by atoms with Crippen LogP contribution in [0.25, 0.3) is 0 Å². The summed E-state index contributed by atoms with van der Waals surface area (Å²) in [5, 5.41) is 9.54. The average Bonchev–Trinajstić information content (AvgIpc) is 2.59. The van der Waals surface area contributed by atoms with E-state index in [-0.39, 0.29) is 6.61 Å². The third-order valence-corrected chi connectivity index (χ3v) is 4.91. The fourth-order valence-electron chi connectivity index (χ4n) is 3.70. The molecule has 3 atom stereocenters. The summed E-state index contributed by atoms with van der Waals surface area (Å²) in [4.78, 5) is 0. The Kier molecular flexibility index (Phi) is 4.09. The molecule has 0 unspecified atom stereocenters. The molecule has 0 spiro atoms. The molecule has 0 heterocycles. The molecule has 0 aromatic heterocycles. The predicted molar refractivity (Wildman–Crippen MR) is 72.8 cm³/mol. The van der Waals surface area contributed by atoms with Gasteiger partial charge in [-0.2, -0.15) is 0 Å². The standard InChI is InChI=1S/C16H26O/c1-11(2)13-5-4-6-14(10-17)15-8-7-12(3)16(15)9-13/h12-13,16-17H,1,4-10H2,2-3H3/b15-14+/t12-,13+,16-/m0/s1. The van der Waals surface area contributed by atoms with Crippen LogP contribution in [-0.4, -0.2) is 11.7 Å². The van der Waals surface area contributed by atoms with Crippen LogP contribution >= 0.6 is 0 Å². The van der Waals surface area contributed by atoms with Gasteiger partial charge in [-0.3, -0.25) is 0 Å². The van der Waals surface area contributed by atoms with Crippen molar-refractivity contribution < 1.29 is 5.11 Å². The van der Waals surface area contributed by atoms with Crippen LogP contribution in [0.3, 0.4) is 0 Å². The van der Waals surface area contributed by atoms with Crippen molar-refractivity contribution in [1.29, 1.82) is 0 Å². The summed E-state index contributed by atoms with van der Waals surface area (Å²) in [6, 6.07) is 0. The van der Waals surface area contributed by atoms with Gasteiger partial charge >= 0.3 is 0 Å². The van der Waals surface area contributed by atoms with Crippen molar-refractivity contribution in [3.63, 3.8) is 0 Å². The molecule has 1 nitrogen and oxygen atoms in total. The molecule has 0 aromatic rings. The van der Waals surface area contributed by atoms with E-state index in [9.17, 15) is 5.11 Å². The lowest BCUT2D eigenvalue weighted by Crippen LogP contribution is -2.17. The summed E-state index contributed by atoms with van der Waals surface area (Å²) in [5.74, 6) is 2.22. The topological polar surface area (TPSA) is 20.2 Å². The molecule has 0 aromatic carbocycles. The van der Waals surface area contributed by atoms with Gasteiger partial charge in [-0.05, 0) is 68.8 Å². The number of fused-ring (bicyclic) bond motifs is 1. The number of rotatable bonds is 2. The van der Waals surface area contributed by atoms with E-state index in [0.29, 0.717) is 5.92 Å². The van der Waals surface area contributed by atoms with Gasteiger partial charge in [0.05, 0.1) is 6.61 Å². The highest BCUT2D eigenvalue weighted by Crippen LogP contribution is 2.45. The SMILES string of the molecule is C=C(C)[C@@H]1CCC/C(CO)=C2/CC[C@H](C)[C@@H]2C1. The summed E-state index contributed by atoms with van der Waals surface area (Å²) >= 11 is 0. The summed E-state index contributed by atoms with van der Waals surface area (Å²) in [5.41, 5.74) is 4.32. The van der Waals surface area contributed by atoms with Crippen molar-refractivity contribution in [2.24, 2.45) is 17.8 Å².